The number of hydrogen-bond donors (Lipinski definition) is 3. The number of carbonyl (C=O) groups is 2. The van der Waals surface area contributed by atoms with Gasteiger partial charge in [0, 0.05) is 12.8 Å². The second-order valence-corrected chi connectivity index (χ2v) is 22.8. The van der Waals surface area contributed by atoms with Crippen LogP contribution >= 0.6 is 0 Å². The predicted octanol–water partition coefficient (Wildman–Crippen LogP) is 21.1. The Bertz CT molecular complexity index is 1200. The Labute approximate surface area is 462 Å². The van der Waals surface area contributed by atoms with E-state index in [2.05, 4.69) is 43.5 Å². The molecule has 0 aliphatic carbocycles. The van der Waals surface area contributed by atoms with Gasteiger partial charge in [-0.3, -0.25) is 9.59 Å². The molecule has 0 fully saturated rings. The Kier molecular flexibility index (Phi) is 62.0. The highest BCUT2D eigenvalue weighted by Crippen LogP contribution is 2.18. The molecule has 0 aliphatic rings. The van der Waals surface area contributed by atoms with Gasteiger partial charge in [0.15, 0.2) is 0 Å². The quantitative estimate of drug-likeness (QED) is 0.0320. The Morgan fingerprint density at radius 1 is 0.365 bits per heavy atom. The van der Waals surface area contributed by atoms with Crippen molar-refractivity contribution in [2.24, 2.45) is 0 Å². The van der Waals surface area contributed by atoms with Crippen LogP contribution in [0, 0.1) is 0 Å². The molecule has 74 heavy (non-hydrogen) atoms. The van der Waals surface area contributed by atoms with Crippen molar-refractivity contribution < 1.29 is 24.5 Å². The topological polar surface area (TPSA) is 95.9 Å². The minimum absolute atomic E-state index is 0.00727. The lowest BCUT2D eigenvalue weighted by Gasteiger charge is -2.20. The van der Waals surface area contributed by atoms with E-state index in [0.29, 0.717) is 19.4 Å². The van der Waals surface area contributed by atoms with Crippen LogP contribution in [0.4, 0.5) is 0 Å². The summed E-state index contributed by atoms with van der Waals surface area (Å²) < 4.78 is 5.46. The van der Waals surface area contributed by atoms with Crippen molar-refractivity contribution in [3.63, 3.8) is 0 Å². The monoisotopic (exact) mass is 1040 g/mol. The van der Waals surface area contributed by atoms with Crippen LogP contribution in [0.3, 0.4) is 0 Å². The largest absolute Gasteiger partial charge is 0.466 e. The molecule has 2 atom stereocenters. The first-order valence-electron chi connectivity index (χ1n) is 33.3. The summed E-state index contributed by atoms with van der Waals surface area (Å²) in [6.07, 6.45) is 80.8. The Balaban J connectivity index is 3.36. The number of esters is 1. The highest BCUT2D eigenvalue weighted by molar-refractivity contribution is 5.76. The summed E-state index contributed by atoms with van der Waals surface area (Å²) in [6.45, 7) is 4.88. The van der Waals surface area contributed by atoms with E-state index in [9.17, 15) is 19.8 Å². The van der Waals surface area contributed by atoms with Gasteiger partial charge >= 0.3 is 5.97 Å². The van der Waals surface area contributed by atoms with Crippen LogP contribution in [0.2, 0.25) is 0 Å². The second kappa shape index (κ2) is 63.6. The molecule has 6 heteroatoms. The van der Waals surface area contributed by atoms with Crippen molar-refractivity contribution in [1.29, 1.82) is 0 Å². The lowest BCUT2D eigenvalue weighted by Crippen LogP contribution is -2.45. The zero-order chi connectivity index (χ0) is 53.6. The SMILES string of the molecule is CCCC/C=C\CCCCCCCC(=O)OCCCCCCCCCCCCCC/C=C\CCCCCCCCCCCCCCCCCCCC(=O)NC(CO)C(O)/C=C/CCCCCCCCCCCCC. The molecule has 0 saturated carbocycles. The summed E-state index contributed by atoms with van der Waals surface area (Å²) in [5, 5.41) is 23.1. The molecule has 0 saturated heterocycles. The number of ether oxygens (including phenoxy) is 1. The van der Waals surface area contributed by atoms with Crippen molar-refractivity contribution in [1.82, 2.24) is 5.32 Å². The Hall–Kier alpha value is -1.92. The second-order valence-electron chi connectivity index (χ2n) is 22.8. The van der Waals surface area contributed by atoms with Crippen LogP contribution in [0.1, 0.15) is 361 Å². The van der Waals surface area contributed by atoms with Gasteiger partial charge in [-0.1, -0.05) is 307 Å². The van der Waals surface area contributed by atoms with Crippen LogP contribution in [-0.4, -0.2) is 47.4 Å². The summed E-state index contributed by atoms with van der Waals surface area (Å²) in [5.74, 6) is -0.0567. The van der Waals surface area contributed by atoms with Crippen molar-refractivity contribution >= 4 is 11.9 Å². The van der Waals surface area contributed by atoms with E-state index in [0.717, 1.165) is 44.9 Å². The fourth-order valence-electron chi connectivity index (χ4n) is 10.3. The first kappa shape index (κ1) is 72.1. The van der Waals surface area contributed by atoms with Gasteiger partial charge in [-0.15, -0.1) is 0 Å². The lowest BCUT2D eigenvalue weighted by atomic mass is 10.0. The van der Waals surface area contributed by atoms with Gasteiger partial charge in [-0.2, -0.15) is 0 Å². The number of allylic oxidation sites excluding steroid dienone is 5. The van der Waals surface area contributed by atoms with Gasteiger partial charge in [0.1, 0.15) is 0 Å². The highest BCUT2D eigenvalue weighted by atomic mass is 16.5. The third-order valence-corrected chi connectivity index (χ3v) is 15.4. The van der Waals surface area contributed by atoms with Gasteiger partial charge in [0.25, 0.3) is 0 Å². The molecular formula is C68H129NO5. The first-order chi connectivity index (χ1) is 36.5. The van der Waals surface area contributed by atoms with E-state index in [4.69, 9.17) is 4.74 Å². The minimum Gasteiger partial charge on any atom is -0.466 e. The maximum Gasteiger partial charge on any atom is 0.305 e. The van der Waals surface area contributed by atoms with Crippen LogP contribution in [0.5, 0.6) is 0 Å². The highest BCUT2D eigenvalue weighted by Gasteiger charge is 2.18. The van der Waals surface area contributed by atoms with Crippen LogP contribution in [-0.2, 0) is 14.3 Å². The first-order valence-corrected chi connectivity index (χ1v) is 33.3. The molecule has 1 amide bonds. The molecule has 436 valence electrons. The summed E-state index contributed by atoms with van der Waals surface area (Å²) in [6, 6.07) is -0.624. The number of aliphatic hydroxyl groups excluding tert-OH is 2. The van der Waals surface area contributed by atoms with Crippen LogP contribution in [0.25, 0.3) is 0 Å². The summed E-state index contributed by atoms with van der Waals surface area (Å²) in [7, 11) is 0. The van der Waals surface area contributed by atoms with Crippen molar-refractivity contribution in [3.05, 3.63) is 36.5 Å². The number of amides is 1. The number of aliphatic hydroxyl groups is 2. The number of nitrogens with one attached hydrogen (secondary N) is 1. The molecular weight excluding hydrogens is 911 g/mol. The van der Waals surface area contributed by atoms with E-state index in [1.54, 1.807) is 6.08 Å². The van der Waals surface area contributed by atoms with Crippen molar-refractivity contribution in [2.75, 3.05) is 13.2 Å². The average Bonchev–Trinajstić information content (AvgIpc) is 3.40. The van der Waals surface area contributed by atoms with E-state index >= 15 is 0 Å². The van der Waals surface area contributed by atoms with Gasteiger partial charge in [0.2, 0.25) is 5.91 Å². The van der Waals surface area contributed by atoms with Crippen LogP contribution < -0.4 is 5.32 Å². The molecule has 0 bridgehead atoms. The van der Waals surface area contributed by atoms with Crippen LogP contribution in [0.15, 0.2) is 36.5 Å². The molecule has 0 spiro atoms. The fraction of sp³-hybridized carbons (Fsp3) is 0.882. The predicted molar refractivity (Wildman–Crippen MR) is 324 cm³/mol. The van der Waals surface area contributed by atoms with E-state index in [1.165, 1.54) is 289 Å². The third kappa shape index (κ3) is 59.3. The van der Waals surface area contributed by atoms with Gasteiger partial charge in [-0.25, -0.2) is 0 Å². The molecule has 3 N–H and O–H groups in total. The average molecular weight is 1040 g/mol. The molecule has 0 heterocycles. The lowest BCUT2D eigenvalue weighted by molar-refractivity contribution is -0.143. The fourth-order valence-corrected chi connectivity index (χ4v) is 10.3. The molecule has 0 aromatic heterocycles. The minimum atomic E-state index is -0.841. The van der Waals surface area contributed by atoms with Crippen molar-refractivity contribution in [2.45, 2.75) is 373 Å². The Morgan fingerprint density at radius 2 is 0.649 bits per heavy atom. The zero-order valence-corrected chi connectivity index (χ0v) is 49.8. The van der Waals surface area contributed by atoms with E-state index in [1.807, 2.05) is 6.08 Å². The molecule has 0 rings (SSSR count). The maximum atomic E-state index is 12.5. The van der Waals surface area contributed by atoms with Gasteiger partial charge < -0.3 is 20.3 Å². The van der Waals surface area contributed by atoms with E-state index in [-0.39, 0.29) is 18.5 Å². The molecule has 0 aliphatic heterocycles. The molecule has 6 nitrogen and oxygen atoms in total. The van der Waals surface area contributed by atoms with E-state index < -0.39 is 12.1 Å². The molecule has 0 aromatic rings. The number of rotatable bonds is 62. The Morgan fingerprint density at radius 3 is 1.00 bits per heavy atom. The number of carbonyl (C=O) groups excluding carboxylic acids is 2. The standard InChI is InChI=1S/C68H129NO5/c1-3-5-7-9-11-13-15-37-41-44-48-52-56-60-66(71)65(64-70)69-67(72)61-57-53-49-45-42-38-35-33-31-29-27-25-23-21-19-17-16-18-20-22-24-26-28-30-32-34-36-39-43-47-51-55-59-63-74-68(73)62-58-54-50-46-40-14-12-10-8-6-4-2/h10,12,20,22,56,60,65-66,70-71H,3-9,11,13-19,21,23-55,57-59,61-64H2,1-2H3,(H,69,72)/b12-10-,22-20-,60-56+. The maximum absolute atomic E-state index is 12.5. The molecule has 0 radical (unpaired) electrons. The summed E-state index contributed by atoms with van der Waals surface area (Å²) >= 11 is 0. The number of hydrogen-bond acceptors (Lipinski definition) is 5. The smallest absolute Gasteiger partial charge is 0.305 e. The normalized spacial score (nSPS) is 12.8. The summed E-state index contributed by atoms with van der Waals surface area (Å²) in [5.41, 5.74) is 0. The van der Waals surface area contributed by atoms with Crippen molar-refractivity contribution in [3.8, 4) is 0 Å². The van der Waals surface area contributed by atoms with Gasteiger partial charge in [-0.05, 0) is 77.0 Å². The molecule has 2 unspecified atom stereocenters. The molecule has 0 aromatic carbocycles. The zero-order valence-electron chi connectivity index (χ0n) is 49.8. The van der Waals surface area contributed by atoms with Gasteiger partial charge in [0.05, 0.1) is 25.4 Å². The number of unbranched alkanes of at least 4 members (excludes halogenated alkanes) is 47. The summed E-state index contributed by atoms with van der Waals surface area (Å²) in [4.78, 5) is 24.5. The third-order valence-electron chi connectivity index (χ3n) is 15.4.